The molecule has 0 saturated heterocycles. The second-order valence-electron chi connectivity index (χ2n) is 7.19. The molecule has 0 radical (unpaired) electrons. The number of carbonyl (C=O) groups is 1. The Balaban J connectivity index is 1.55. The molecule has 0 saturated carbocycles. The van der Waals surface area contributed by atoms with Gasteiger partial charge in [-0.1, -0.05) is 27.5 Å². The number of non-ortho nitro benzene ring substituents is 1. The topological polar surface area (TPSA) is 129 Å². The van der Waals surface area contributed by atoms with Crippen molar-refractivity contribution in [2.24, 2.45) is 0 Å². The molecule has 0 unspecified atom stereocenters. The van der Waals surface area contributed by atoms with Gasteiger partial charge in [-0.3, -0.25) is 10.1 Å². The number of hydrogen-bond acceptors (Lipinski definition) is 8. The summed E-state index contributed by atoms with van der Waals surface area (Å²) < 4.78 is 12.2. The van der Waals surface area contributed by atoms with Crippen LogP contribution in [0.4, 0.5) is 5.69 Å². The molecule has 0 aliphatic carbocycles. The smallest absolute Gasteiger partial charge is 0.342 e. The van der Waals surface area contributed by atoms with E-state index in [-0.39, 0.29) is 28.3 Å². The molecule has 0 bridgehead atoms. The lowest BCUT2D eigenvalue weighted by atomic mass is 10.2. The number of nitro groups is 1. The fourth-order valence-electron chi connectivity index (χ4n) is 2.97. The normalized spacial score (nSPS) is 11.3. The number of benzene rings is 3. The molecule has 0 aliphatic rings. The van der Waals surface area contributed by atoms with Gasteiger partial charge in [-0.05, 0) is 78.0 Å². The van der Waals surface area contributed by atoms with Crippen LogP contribution in [0.5, 0.6) is 5.75 Å². The first kappa shape index (κ1) is 25.4. The van der Waals surface area contributed by atoms with Crippen molar-refractivity contribution in [2.45, 2.75) is 11.8 Å². The van der Waals surface area contributed by atoms with E-state index in [1.165, 1.54) is 18.2 Å². The van der Waals surface area contributed by atoms with Gasteiger partial charge < -0.3 is 14.3 Å². The van der Waals surface area contributed by atoms with E-state index in [2.05, 4.69) is 26.1 Å². The number of carboxylic acids is 1. The molecule has 0 spiro atoms. The number of nitro benzene ring substituents is 1. The molecule has 0 amide bonds. The van der Waals surface area contributed by atoms with Crippen LogP contribution in [0.2, 0.25) is 5.02 Å². The van der Waals surface area contributed by atoms with Crippen molar-refractivity contribution in [2.75, 3.05) is 0 Å². The van der Waals surface area contributed by atoms with Crippen molar-refractivity contribution < 1.29 is 24.0 Å². The van der Waals surface area contributed by atoms with E-state index < -0.39 is 10.9 Å². The Morgan fingerprint density at radius 2 is 1.86 bits per heavy atom. The van der Waals surface area contributed by atoms with Gasteiger partial charge in [0.15, 0.2) is 0 Å². The molecule has 36 heavy (non-hydrogen) atoms. The molecule has 9 nitrogen and oxygen atoms in total. The quantitative estimate of drug-likeness (QED) is 0.0965. The van der Waals surface area contributed by atoms with E-state index in [9.17, 15) is 20.0 Å². The predicted octanol–water partition coefficient (Wildman–Crippen LogP) is 6.86. The van der Waals surface area contributed by atoms with Gasteiger partial charge in [-0.15, -0.1) is 10.2 Å². The van der Waals surface area contributed by atoms with Crippen molar-refractivity contribution in [3.63, 3.8) is 0 Å². The Morgan fingerprint density at radius 1 is 1.14 bits per heavy atom. The Morgan fingerprint density at radius 3 is 2.53 bits per heavy atom. The first-order valence-corrected chi connectivity index (χ1v) is 12.2. The molecule has 0 aliphatic heterocycles. The third kappa shape index (κ3) is 6.51. The van der Waals surface area contributed by atoms with Crippen molar-refractivity contribution >= 4 is 57.0 Å². The summed E-state index contributed by atoms with van der Waals surface area (Å²) in [5.41, 5.74) is 1.84. The lowest BCUT2D eigenvalue weighted by Crippen LogP contribution is -2.00. The average molecular weight is 589 g/mol. The summed E-state index contributed by atoms with van der Waals surface area (Å²) in [5, 5.41) is 29.1. The highest BCUT2D eigenvalue weighted by molar-refractivity contribution is 9.10. The fraction of sp³-hybridized carbons (Fsp3) is 0.0417. The minimum absolute atomic E-state index is 0.0191. The van der Waals surface area contributed by atoms with Crippen molar-refractivity contribution in [3.8, 4) is 17.2 Å². The Bertz CT molecular complexity index is 1440. The number of nitrogens with zero attached hydrogens (tertiary/aromatic N) is 3. The number of rotatable bonds is 9. The van der Waals surface area contributed by atoms with Crippen molar-refractivity contribution in [1.82, 2.24) is 10.2 Å². The van der Waals surface area contributed by atoms with E-state index in [1.54, 1.807) is 54.6 Å². The summed E-state index contributed by atoms with van der Waals surface area (Å²) >= 11 is 10.1. The standard InChI is InChI=1S/C24H15BrClN3O6S/c25-17-5-10-20(34-13-14-1-8-19(9-2-14)29(32)33)16(11-17)12-21(23(30)31)36-24-28-27-22(35-24)15-3-6-18(26)7-4-15/h1-12H,13H2,(H,30,31)/b21-12-. The summed E-state index contributed by atoms with van der Waals surface area (Å²) in [7, 11) is 0. The molecule has 12 heteroatoms. The number of thioether (sulfide) groups is 1. The van der Waals surface area contributed by atoms with Gasteiger partial charge in [-0.2, -0.15) is 0 Å². The van der Waals surface area contributed by atoms with Crippen LogP contribution >= 0.6 is 39.3 Å². The van der Waals surface area contributed by atoms with Crippen molar-refractivity contribution in [3.05, 3.63) is 102 Å². The van der Waals surface area contributed by atoms with Gasteiger partial charge in [0.1, 0.15) is 17.3 Å². The molecular weight excluding hydrogens is 574 g/mol. The van der Waals surface area contributed by atoms with Crippen LogP contribution in [0.3, 0.4) is 0 Å². The van der Waals surface area contributed by atoms with Gasteiger partial charge in [0, 0.05) is 32.8 Å². The zero-order valence-electron chi connectivity index (χ0n) is 18.1. The molecular formula is C24H15BrClN3O6S. The van der Waals surface area contributed by atoms with Crippen LogP contribution in [0.1, 0.15) is 11.1 Å². The second-order valence-corrected chi connectivity index (χ2v) is 9.54. The molecule has 1 N–H and O–H groups in total. The second kappa shape index (κ2) is 11.4. The largest absolute Gasteiger partial charge is 0.488 e. The maximum absolute atomic E-state index is 12.0. The molecule has 1 aromatic heterocycles. The zero-order chi connectivity index (χ0) is 25.7. The molecule has 182 valence electrons. The van der Waals surface area contributed by atoms with Gasteiger partial charge in [0.05, 0.1) is 4.92 Å². The monoisotopic (exact) mass is 587 g/mol. The maximum Gasteiger partial charge on any atom is 0.342 e. The Kier molecular flexibility index (Phi) is 8.04. The third-order valence-corrected chi connectivity index (χ3v) is 6.30. The predicted molar refractivity (Wildman–Crippen MR) is 138 cm³/mol. The number of carboxylic acid groups (broad SMARTS) is 1. The fourth-order valence-corrected chi connectivity index (χ4v) is 4.14. The van der Waals surface area contributed by atoms with Crippen LogP contribution in [0.25, 0.3) is 17.5 Å². The van der Waals surface area contributed by atoms with Gasteiger partial charge in [0.25, 0.3) is 10.9 Å². The SMILES string of the molecule is O=C(O)/C(=C/c1cc(Br)ccc1OCc1ccc([N+](=O)[O-])cc1)Sc1nnc(-c2ccc(Cl)cc2)o1. The number of halogens is 2. The van der Waals surface area contributed by atoms with E-state index in [1.807, 2.05) is 0 Å². The maximum atomic E-state index is 12.0. The first-order valence-electron chi connectivity index (χ1n) is 10.2. The molecule has 4 aromatic rings. The highest BCUT2D eigenvalue weighted by Gasteiger charge is 2.17. The third-order valence-electron chi connectivity index (χ3n) is 4.71. The molecule has 4 rings (SSSR count). The summed E-state index contributed by atoms with van der Waals surface area (Å²) in [6, 6.07) is 17.9. The molecule has 0 atom stereocenters. The van der Waals surface area contributed by atoms with Gasteiger partial charge in [-0.25, -0.2) is 4.79 Å². The van der Waals surface area contributed by atoms with Crippen molar-refractivity contribution in [1.29, 1.82) is 0 Å². The highest BCUT2D eigenvalue weighted by Crippen LogP contribution is 2.33. The zero-order valence-corrected chi connectivity index (χ0v) is 21.3. The summed E-state index contributed by atoms with van der Waals surface area (Å²) in [5.74, 6) is -0.538. The Hall–Kier alpha value is -3.67. The highest BCUT2D eigenvalue weighted by atomic mass is 79.9. The van der Waals surface area contributed by atoms with E-state index in [4.69, 9.17) is 20.8 Å². The number of aromatic nitrogens is 2. The first-order chi connectivity index (χ1) is 17.3. The number of aliphatic carboxylic acids is 1. The Labute approximate surface area is 222 Å². The lowest BCUT2D eigenvalue weighted by molar-refractivity contribution is -0.384. The average Bonchev–Trinajstić information content (AvgIpc) is 3.32. The minimum atomic E-state index is -1.19. The molecule has 0 fully saturated rings. The van der Waals surface area contributed by atoms with Crippen LogP contribution < -0.4 is 4.74 Å². The van der Waals surface area contributed by atoms with E-state index in [0.29, 0.717) is 31.9 Å². The van der Waals surface area contributed by atoms with Gasteiger partial charge >= 0.3 is 5.97 Å². The molecule has 1 heterocycles. The van der Waals surface area contributed by atoms with Gasteiger partial charge in [0.2, 0.25) is 5.89 Å². The minimum Gasteiger partial charge on any atom is -0.488 e. The summed E-state index contributed by atoms with van der Waals surface area (Å²) in [6.45, 7) is 0.129. The number of ether oxygens (including phenoxy) is 1. The van der Waals surface area contributed by atoms with Crippen LogP contribution in [-0.2, 0) is 11.4 Å². The van der Waals surface area contributed by atoms with E-state index in [0.717, 1.165) is 11.8 Å². The lowest BCUT2D eigenvalue weighted by Gasteiger charge is -2.11. The molecule has 3 aromatic carbocycles. The van der Waals surface area contributed by atoms with Crippen LogP contribution in [0.15, 0.2) is 85.7 Å². The van der Waals surface area contributed by atoms with Crippen LogP contribution in [-0.4, -0.2) is 26.2 Å². The van der Waals surface area contributed by atoms with Crippen LogP contribution in [0, 0.1) is 10.1 Å². The van der Waals surface area contributed by atoms with E-state index >= 15 is 0 Å². The summed E-state index contributed by atoms with van der Waals surface area (Å²) in [4.78, 5) is 22.3. The number of hydrogen-bond donors (Lipinski definition) is 1. The summed E-state index contributed by atoms with van der Waals surface area (Å²) in [6.07, 6.45) is 1.44.